The van der Waals surface area contributed by atoms with Gasteiger partial charge in [-0.05, 0) is 77.0 Å². The van der Waals surface area contributed by atoms with E-state index in [0.717, 1.165) is 51.4 Å². The standard InChI is InChI=1S/C59H110O5/c1-4-7-10-13-16-19-22-25-27-29-31-33-36-39-42-45-48-51-54-62-55-57(64-59(61)53-50-47-44-41-38-34-24-21-18-15-12-9-6-3)56-63-58(60)52-49-46-43-40-37-35-32-30-28-26-23-20-17-14-11-8-5-2/h17,20,25-28,57H,4-16,18-19,21-24,29-56H2,1-3H3/b20-17-,27-25-,28-26-. The molecule has 0 fully saturated rings. The Hall–Kier alpha value is -1.88. The van der Waals surface area contributed by atoms with Gasteiger partial charge in [0.15, 0.2) is 6.10 Å². The molecule has 0 aromatic rings. The summed E-state index contributed by atoms with van der Waals surface area (Å²) in [5, 5.41) is 0. The first-order valence-electron chi connectivity index (χ1n) is 28.5. The van der Waals surface area contributed by atoms with Crippen LogP contribution in [0.1, 0.15) is 303 Å². The lowest BCUT2D eigenvalue weighted by Crippen LogP contribution is -2.30. The molecule has 0 rings (SSSR count). The number of esters is 2. The molecule has 1 unspecified atom stereocenters. The lowest BCUT2D eigenvalue weighted by molar-refractivity contribution is -0.163. The van der Waals surface area contributed by atoms with Gasteiger partial charge in [-0.1, -0.05) is 250 Å². The highest BCUT2D eigenvalue weighted by Crippen LogP contribution is 2.16. The Kier molecular flexibility index (Phi) is 53.8. The summed E-state index contributed by atoms with van der Waals surface area (Å²) >= 11 is 0. The van der Waals surface area contributed by atoms with Crippen LogP contribution in [0.5, 0.6) is 0 Å². The summed E-state index contributed by atoms with van der Waals surface area (Å²) in [4.78, 5) is 25.5. The molecule has 0 aromatic carbocycles. The molecule has 0 saturated carbocycles. The lowest BCUT2D eigenvalue weighted by Gasteiger charge is -2.18. The van der Waals surface area contributed by atoms with Gasteiger partial charge >= 0.3 is 11.9 Å². The number of rotatable bonds is 53. The summed E-state index contributed by atoms with van der Waals surface area (Å²) in [6.45, 7) is 7.84. The van der Waals surface area contributed by atoms with E-state index in [1.54, 1.807) is 0 Å². The topological polar surface area (TPSA) is 61.8 Å². The third-order valence-corrected chi connectivity index (χ3v) is 12.6. The summed E-state index contributed by atoms with van der Waals surface area (Å²) in [6, 6.07) is 0. The average Bonchev–Trinajstić information content (AvgIpc) is 3.30. The fourth-order valence-corrected chi connectivity index (χ4v) is 8.36. The van der Waals surface area contributed by atoms with Crippen molar-refractivity contribution in [1.29, 1.82) is 0 Å². The van der Waals surface area contributed by atoms with Crippen molar-refractivity contribution in [2.45, 2.75) is 309 Å². The molecule has 0 N–H and O–H groups in total. The molecular formula is C59H110O5. The maximum Gasteiger partial charge on any atom is 0.306 e. The Morgan fingerprint density at radius 2 is 0.656 bits per heavy atom. The molecule has 0 amide bonds. The fourth-order valence-electron chi connectivity index (χ4n) is 8.36. The number of carbonyl (C=O) groups is 2. The summed E-state index contributed by atoms with van der Waals surface area (Å²) in [7, 11) is 0. The monoisotopic (exact) mass is 899 g/mol. The van der Waals surface area contributed by atoms with Crippen molar-refractivity contribution in [3.05, 3.63) is 36.5 Å². The van der Waals surface area contributed by atoms with Gasteiger partial charge in [0.05, 0.1) is 6.61 Å². The number of ether oxygens (including phenoxy) is 3. The Morgan fingerprint density at radius 3 is 1.08 bits per heavy atom. The van der Waals surface area contributed by atoms with Crippen LogP contribution in [0.15, 0.2) is 36.5 Å². The van der Waals surface area contributed by atoms with Crippen LogP contribution in [0.3, 0.4) is 0 Å². The van der Waals surface area contributed by atoms with Crippen molar-refractivity contribution < 1.29 is 23.8 Å². The van der Waals surface area contributed by atoms with Crippen LogP contribution in [-0.4, -0.2) is 37.9 Å². The van der Waals surface area contributed by atoms with Gasteiger partial charge in [-0.15, -0.1) is 0 Å². The van der Waals surface area contributed by atoms with Crippen molar-refractivity contribution in [1.82, 2.24) is 0 Å². The molecule has 0 aromatic heterocycles. The van der Waals surface area contributed by atoms with Gasteiger partial charge in [-0.25, -0.2) is 0 Å². The van der Waals surface area contributed by atoms with Crippen LogP contribution in [0.4, 0.5) is 0 Å². The highest BCUT2D eigenvalue weighted by Gasteiger charge is 2.17. The zero-order valence-corrected chi connectivity index (χ0v) is 43.3. The molecule has 0 aliphatic rings. The first-order valence-corrected chi connectivity index (χ1v) is 28.5. The Balaban J connectivity index is 4.23. The predicted octanol–water partition coefficient (Wildman–Crippen LogP) is 19.4. The minimum atomic E-state index is -0.536. The Bertz CT molecular complexity index is 1020. The van der Waals surface area contributed by atoms with Gasteiger partial charge < -0.3 is 14.2 Å². The maximum atomic E-state index is 12.8. The van der Waals surface area contributed by atoms with E-state index in [-0.39, 0.29) is 25.2 Å². The minimum absolute atomic E-state index is 0.0851. The zero-order chi connectivity index (χ0) is 46.3. The van der Waals surface area contributed by atoms with E-state index in [4.69, 9.17) is 14.2 Å². The average molecular weight is 900 g/mol. The smallest absolute Gasteiger partial charge is 0.306 e. The first-order chi connectivity index (χ1) is 31.6. The quantitative estimate of drug-likeness (QED) is 0.0346. The molecule has 5 nitrogen and oxygen atoms in total. The molecule has 0 bridgehead atoms. The summed E-state index contributed by atoms with van der Waals surface area (Å²) in [5.41, 5.74) is 0. The van der Waals surface area contributed by atoms with Gasteiger partial charge in [0.2, 0.25) is 0 Å². The second-order valence-electron chi connectivity index (χ2n) is 19.2. The molecule has 0 radical (unpaired) electrons. The van der Waals surface area contributed by atoms with Crippen molar-refractivity contribution >= 4 is 11.9 Å². The minimum Gasteiger partial charge on any atom is -0.462 e. The number of allylic oxidation sites excluding steroid dienone is 6. The van der Waals surface area contributed by atoms with Crippen molar-refractivity contribution in [2.24, 2.45) is 0 Å². The summed E-state index contributed by atoms with van der Waals surface area (Å²) < 4.78 is 17.5. The maximum absolute atomic E-state index is 12.8. The van der Waals surface area contributed by atoms with Crippen LogP contribution >= 0.6 is 0 Å². The molecule has 1 atom stereocenters. The van der Waals surface area contributed by atoms with Crippen LogP contribution in [0.2, 0.25) is 0 Å². The van der Waals surface area contributed by atoms with Crippen LogP contribution < -0.4 is 0 Å². The van der Waals surface area contributed by atoms with E-state index < -0.39 is 6.10 Å². The van der Waals surface area contributed by atoms with E-state index >= 15 is 0 Å². The molecule has 0 aliphatic heterocycles. The highest BCUT2D eigenvalue weighted by molar-refractivity contribution is 5.70. The normalized spacial score (nSPS) is 12.4. The third kappa shape index (κ3) is 52.7. The van der Waals surface area contributed by atoms with Crippen LogP contribution in [0, 0.1) is 0 Å². The molecule has 0 aliphatic carbocycles. The predicted molar refractivity (Wildman–Crippen MR) is 279 cm³/mol. The molecule has 64 heavy (non-hydrogen) atoms. The third-order valence-electron chi connectivity index (χ3n) is 12.6. The molecule has 0 heterocycles. The second-order valence-corrected chi connectivity index (χ2v) is 19.2. The van der Waals surface area contributed by atoms with Crippen LogP contribution in [0.25, 0.3) is 0 Å². The summed E-state index contributed by atoms with van der Waals surface area (Å²) in [5.74, 6) is -0.390. The largest absolute Gasteiger partial charge is 0.462 e. The molecule has 0 spiro atoms. The number of carbonyl (C=O) groups excluding carboxylic acids is 2. The van der Waals surface area contributed by atoms with Crippen molar-refractivity contribution in [3.8, 4) is 0 Å². The first kappa shape index (κ1) is 62.1. The highest BCUT2D eigenvalue weighted by atomic mass is 16.6. The van der Waals surface area contributed by atoms with Gasteiger partial charge in [0.25, 0.3) is 0 Å². The fraction of sp³-hybridized carbons (Fsp3) is 0.864. The Labute approximate surface area is 400 Å². The molecular weight excluding hydrogens is 789 g/mol. The zero-order valence-electron chi connectivity index (χ0n) is 43.3. The van der Waals surface area contributed by atoms with Crippen molar-refractivity contribution in [3.63, 3.8) is 0 Å². The van der Waals surface area contributed by atoms with Crippen molar-refractivity contribution in [2.75, 3.05) is 19.8 Å². The van der Waals surface area contributed by atoms with E-state index in [9.17, 15) is 9.59 Å². The van der Waals surface area contributed by atoms with Gasteiger partial charge in [-0.2, -0.15) is 0 Å². The Morgan fingerprint density at radius 1 is 0.344 bits per heavy atom. The number of hydrogen-bond donors (Lipinski definition) is 0. The lowest BCUT2D eigenvalue weighted by atomic mass is 10.0. The number of hydrogen-bond acceptors (Lipinski definition) is 5. The SMILES string of the molecule is CCCCC/C=C\C/C=C\CCCCCCCCCC(=O)OCC(COCCCCCCCCCC/C=C\CCCCCCCC)OC(=O)CCCCCCCCCCCCCCC. The van der Waals surface area contributed by atoms with Crippen LogP contribution in [-0.2, 0) is 23.8 Å². The molecule has 376 valence electrons. The van der Waals surface area contributed by atoms with E-state index in [1.807, 2.05) is 0 Å². The van der Waals surface area contributed by atoms with E-state index in [0.29, 0.717) is 19.4 Å². The second kappa shape index (κ2) is 55.4. The molecule has 5 heteroatoms. The number of unbranched alkanes of at least 4 members (excludes halogenated alkanes) is 36. The van der Waals surface area contributed by atoms with Gasteiger partial charge in [-0.3, -0.25) is 9.59 Å². The van der Waals surface area contributed by atoms with E-state index in [1.165, 1.54) is 218 Å². The summed E-state index contributed by atoms with van der Waals surface area (Å²) in [6.07, 6.45) is 67.3. The molecule has 0 saturated heterocycles. The van der Waals surface area contributed by atoms with Gasteiger partial charge in [0.1, 0.15) is 6.61 Å². The van der Waals surface area contributed by atoms with Gasteiger partial charge in [0, 0.05) is 19.4 Å². The van der Waals surface area contributed by atoms with E-state index in [2.05, 4.69) is 57.2 Å².